The molecule has 0 spiro atoms. The molecule has 0 saturated heterocycles. The lowest BCUT2D eigenvalue weighted by molar-refractivity contribution is -0.125. The highest BCUT2D eigenvalue weighted by molar-refractivity contribution is 7.85. The maximum atomic E-state index is 11.8. The van der Waals surface area contributed by atoms with Crippen LogP contribution in [0.5, 0.6) is 0 Å². The lowest BCUT2D eigenvalue weighted by atomic mass is 10.3. The van der Waals surface area contributed by atoms with Crippen LogP contribution in [0, 0.1) is 0 Å². The first-order chi connectivity index (χ1) is 7.41. The molecule has 0 aliphatic carbocycles. The Labute approximate surface area is 102 Å². The Balaban J connectivity index is 2.81. The van der Waals surface area contributed by atoms with Gasteiger partial charge in [-0.3, -0.25) is 9.00 Å². The van der Waals surface area contributed by atoms with E-state index in [0.717, 1.165) is 0 Å². The van der Waals surface area contributed by atoms with Crippen molar-refractivity contribution >= 4 is 34.0 Å². The molecule has 0 aromatic heterocycles. The number of nitrogens with zero attached hydrogens (tertiary/aromatic N) is 1. The van der Waals surface area contributed by atoms with Crippen LogP contribution < -0.4 is 5.73 Å². The summed E-state index contributed by atoms with van der Waals surface area (Å²) < 4.78 is 11.8. The third-order valence-electron chi connectivity index (χ3n) is 1.99. The Bertz CT molecular complexity index is 435. The Morgan fingerprint density at radius 3 is 2.62 bits per heavy atom. The molecule has 0 heterocycles. The molecule has 0 radical (unpaired) electrons. The molecule has 1 amide bonds. The van der Waals surface area contributed by atoms with Crippen molar-refractivity contribution in [3.63, 3.8) is 0 Å². The minimum atomic E-state index is -1.38. The summed E-state index contributed by atoms with van der Waals surface area (Å²) in [5.41, 5.74) is 5.96. The average Bonchev–Trinajstić information content (AvgIpc) is 2.21. The van der Waals surface area contributed by atoms with Gasteiger partial charge < -0.3 is 10.6 Å². The maximum absolute atomic E-state index is 11.8. The second-order valence-corrected chi connectivity index (χ2v) is 5.32. The van der Waals surface area contributed by atoms with E-state index in [1.807, 2.05) is 0 Å². The van der Waals surface area contributed by atoms with Crippen LogP contribution in [-0.2, 0) is 15.6 Å². The SMILES string of the molecule is CN(C)C(=O)CS(=O)c1ccc(N)c(Cl)c1. The first-order valence-electron chi connectivity index (χ1n) is 4.55. The van der Waals surface area contributed by atoms with Gasteiger partial charge in [0.2, 0.25) is 5.91 Å². The fourth-order valence-corrected chi connectivity index (χ4v) is 2.34. The van der Waals surface area contributed by atoms with Crippen molar-refractivity contribution in [2.45, 2.75) is 4.90 Å². The second kappa shape index (κ2) is 5.32. The van der Waals surface area contributed by atoms with Crippen LogP contribution in [0.25, 0.3) is 0 Å². The average molecular weight is 261 g/mol. The number of halogens is 1. The third-order valence-corrected chi connectivity index (χ3v) is 3.60. The van der Waals surface area contributed by atoms with Crippen LogP contribution in [0.15, 0.2) is 23.1 Å². The summed E-state index contributed by atoms with van der Waals surface area (Å²) in [5.74, 6) is -0.237. The monoisotopic (exact) mass is 260 g/mol. The molecule has 1 rings (SSSR count). The number of carbonyl (C=O) groups is 1. The van der Waals surface area contributed by atoms with Gasteiger partial charge in [0.05, 0.1) is 21.5 Å². The van der Waals surface area contributed by atoms with Crippen molar-refractivity contribution in [3.05, 3.63) is 23.2 Å². The van der Waals surface area contributed by atoms with E-state index >= 15 is 0 Å². The minimum absolute atomic E-state index is 0.0484. The summed E-state index contributed by atoms with van der Waals surface area (Å²) >= 11 is 5.80. The summed E-state index contributed by atoms with van der Waals surface area (Å²) in [7, 11) is 1.86. The normalized spacial score (nSPS) is 12.2. The number of nitrogen functional groups attached to an aromatic ring is 1. The van der Waals surface area contributed by atoms with E-state index in [1.165, 1.54) is 11.0 Å². The summed E-state index contributed by atoms with van der Waals surface area (Å²) in [6, 6.07) is 4.71. The Morgan fingerprint density at radius 2 is 2.12 bits per heavy atom. The molecule has 16 heavy (non-hydrogen) atoms. The van der Waals surface area contributed by atoms with Crippen LogP contribution >= 0.6 is 11.6 Å². The van der Waals surface area contributed by atoms with Crippen molar-refractivity contribution in [1.82, 2.24) is 4.90 Å². The molecule has 0 bridgehead atoms. The first-order valence-corrected chi connectivity index (χ1v) is 6.25. The largest absolute Gasteiger partial charge is 0.398 e. The predicted octanol–water partition coefficient (Wildman–Crippen LogP) is 1.12. The minimum Gasteiger partial charge on any atom is -0.398 e. The number of benzene rings is 1. The highest BCUT2D eigenvalue weighted by atomic mass is 35.5. The Kier molecular flexibility index (Phi) is 4.32. The highest BCUT2D eigenvalue weighted by Crippen LogP contribution is 2.21. The van der Waals surface area contributed by atoms with E-state index in [4.69, 9.17) is 17.3 Å². The molecular weight excluding hydrogens is 248 g/mol. The van der Waals surface area contributed by atoms with Gasteiger partial charge >= 0.3 is 0 Å². The molecule has 88 valence electrons. The first kappa shape index (κ1) is 13.0. The van der Waals surface area contributed by atoms with Gasteiger partial charge in [0.25, 0.3) is 0 Å². The van der Waals surface area contributed by atoms with Gasteiger partial charge in [0, 0.05) is 19.0 Å². The number of rotatable bonds is 3. The molecule has 1 aromatic carbocycles. The van der Waals surface area contributed by atoms with Crippen molar-refractivity contribution < 1.29 is 9.00 Å². The number of carbonyl (C=O) groups excluding carboxylic acids is 1. The number of hydrogen-bond acceptors (Lipinski definition) is 3. The van der Waals surface area contributed by atoms with Gasteiger partial charge in [-0.15, -0.1) is 0 Å². The topological polar surface area (TPSA) is 63.4 Å². The number of anilines is 1. The summed E-state index contributed by atoms with van der Waals surface area (Å²) in [6.45, 7) is 0. The molecule has 0 aliphatic rings. The lowest BCUT2D eigenvalue weighted by Gasteiger charge is -2.10. The van der Waals surface area contributed by atoms with E-state index in [0.29, 0.717) is 15.6 Å². The van der Waals surface area contributed by atoms with Crippen LogP contribution in [0.1, 0.15) is 0 Å². The maximum Gasteiger partial charge on any atom is 0.235 e. The number of amides is 1. The van der Waals surface area contributed by atoms with Crippen molar-refractivity contribution in [2.24, 2.45) is 0 Å². The second-order valence-electron chi connectivity index (χ2n) is 3.46. The van der Waals surface area contributed by atoms with E-state index in [1.54, 1.807) is 26.2 Å². The molecule has 6 heteroatoms. The standard InChI is InChI=1S/C10H13ClN2O2S/c1-13(2)10(14)6-16(15)7-3-4-9(12)8(11)5-7/h3-5H,6,12H2,1-2H3. The zero-order valence-corrected chi connectivity index (χ0v) is 10.6. The van der Waals surface area contributed by atoms with Crippen LogP contribution in [0.2, 0.25) is 5.02 Å². The zero-order chi connectivity index (χ0) is 12.3. The molecule has 2 N–H and O–H groups in total. The van der Waals surface area contributed by atoms with Crippen LogP contribution in [0.4, 0.5) is 5.69 Å². The molecular formula is C10H13ClN2O2S. The fraction of sp³-hybridized carbons (Fsp3) is 0.300. The van der Waals surface area contributed by atoms with E-state index < -0.39 is 10.8 Å². The lowest BCUT2D eigenvalue weighted by Crippen LogP contribution is -2.27. The Hall–Kier alpha value is -1.07. The summed E-state index contributed by atoms with van der Waals surface area (Å²) in [4.78, 5) is 13.3. The van der Waals surface area contributed by atoms with Crippen molar-refractivity contribution in [2.75, 3.05) is 25.6 Å². The molecule has 1 atom stereocenters. The molecule has 0 saturated carbocycles. The van der Waals surface area contributed by atoms with Gasteiger partial charge in [-0.25, -0.2) is 0 Å². The summed E-state index contributed by atoms with van der Waals surface area (Å²) in [6.07, 6.45) is 0. The highest BCUT2D eigenvalue weighted by Gasteiger charge is 2.12. The molecule has 4 nitrogen and oxygen atoms in total. The Morgan fingerprint density at radius 1 is 1.50 bits per heavy atom. The van der Waals surface area contributed by atoms with E-state index in [9.17, 15) is 9.00 Å². The van der Waals surface area contributed by atoms with Crippen molar-refractivity contribution in [3.8, 4) is 0 Å². The quantitative estimate of drug-likeness (QED) is 0.829. The molecule has 0 fully saturated rings. The van der Waals surface area contributed by atoms with Gasteiger partial charge in [0.1, 0.15) is 5.75 Å². The summed E-state index contributed by atoms with van der Waals surface area (Å²) in [5, 5.41) is 0.350. The van der Waals surface area contributed by atoms with Gasteiger partial charge in [-0.2, -0.15) is 0 Å². The van der Waals surface area contributed by atoms with E-state index in [-0.39, 0.29) is 11.7 Å². The molecule has 1 unspecified atom stereocenters. The van der Waals surface area contributed by atoms with Gasteiger partial charge in [0.15, 0.2) is 0 Å². The number of hydrogen-bond donors (Lipinski definition) is 1. The fourth-order valence-electron chi connectivity index (χ4n) is 0.974. The van der Waals surface area contributed by atoms with Crippen LogP contribution in [0.3, 0.4) is 0 Å². The van der Waals surface area contributed by atoms with Gasteiger partial charge in [-0.05, 0) is 18.2 Å². The molecule has 0 aliphatic heterocycles. The third kappa shape index (κ3) is 3.21. The zero-order valence-electron chi connectivity index (χ0n) is 9.07. The van der Waals surface area contributed by atoms with Crippen molar-refractivity contribution in [1.29, 1.82) is 0 Å². The van der Waals surface area contributed by atoms with Gasteiger partial charge in [-0.1, -0.05) is 11.6 Å². The molecule has 1 aromatic rings. The van der Waals surface area contributed by atoms with Crippen LogP contribution in [-0.4, -0.2) is 34.9 Å². The van der Waals surface area contributed by atoms with E-state index in [2.05, 4.69) is 0 Å². The number of nitrogens with two attached hydrogens (primary N) is 1. The smallest absolute Gasteiger partial charge is 0.235 e. The predicted molar refractivity (Wildman–Crippen MR) is 65.8 cm³/mol.